The molecule has 2 aromatic rings. The number of aliphatic hydroxyl groups excluding tert-OH is 1. The molecule has 5 nitrogen and oxygen atoms in total. The van der Waals surface area contributed by atoms with E-state index in [9.17, 15) is 9.90 Å². The van der Waals surface area contributed by atoms with Gasteiger partial charge in [0.25, 0.3) is 0 Å². The first-order valence-electron chi connectivity index (χ1n) is 7.35. The largest absolute Gasteiger partial charge is 0.490 e. The van der Waals surface area contributed by atoms with Crippen LogP contribution in [0.25, 0.3) is 0 Å². The summed E-state index contributed by atoms with van der Waals surface area (Å²) in [5, 5.41) is 9.79. The quantitative estimate of drug-likeness (QED) is 0.757. The Kier molecular flexibility index (Phi) is 6.44. The fourth-order valence-electron chi connectivity index (χ4n) is 1.84. The summed E-state index contributed by atoms with van der Waals surface area (Å²) in [4.78, 5) is 11.6. The van der Waals surface area contributed by atoms with Gasteiger partial charge in [-0.25, -0.2) is 4.79 Å². The number of rotatable bonds is 8. The van der Waals surface area contributed by atoms with E-state index in [1.54, 1.807) is 12.1 Å². The topological polar surface area (TPSA) is 65.0 Å². The zero-order chi connectivity index (χ0) is 16.5. The molecule has 0 saturated heterocycles. The fraction of sp³-hybridized carbons (Fsp3) is 0.278. The van der Waals surface area contributed by atoms with Gasteiger partial charge in [-0.1, -0.05) is 36.4 Å². The SMILES string of the molecule is Cc1ccccc1OC[C@H](O)COC(=O)COc1ccccc1. The average molecular weight is 316 g/mol. The summed E-state index contributed by atoms with van der Waals surface area (Å²) in [6.07, 6.45) is -0.893. The van der Waals surface area contributed by atoms with Crippen LogP contribution >= 0.6 is 0 Å². The van der Waals surface area contributed by atoms with E-state index in [0.29, 0.717) is 11.5 Å². The van der Waals surface area contributed by atoms with Crippen molar-refractivity contribution in [2.75, 3.05) is 19.8 Å². The molecule has 0 bridgehead atoms. The van der Waals surface area contributed by atoms with Crippen LogP contribution in [0.4, 0.5) is 0 Å². The molecule has 122 valence electrons. The Hall–Kier alpha value is -2.53. The second-order valence-corrected chi connectivity index (χ2v) is 5.02. The molecule has 0 spiro atoms. The summed E-state index contributed by atoms with van der Waals surface area (Å²) in [6, 6.07) is 16.5. The van der Waals surface area contributed by atoms with Crippen LogP contribution in [0.1, 0.15) is 5.56 Å². The van der Waals surface area contributed by atoms with E-state index in [0.717, 1.165) is 5.56 Å². The number of ether oxygens (including phenoxy) is 3. The van der Waals surface area contributed by atoms with E-state index in [-0.39, 0.29) is 19.8 Å². The number of hydrogen-bond acceptors (Lipinski definition) is 5. The van der Waals surface area contributed by atoms with Crippen LogP contribution in [0.5, 0.6) is 11.5 Å². The fourth-order valence-corrected chi connectivity index (χ4v) is 1.84. The number of aryl methyl sites for hydroxylation is 1. The number of benzene rings is 2. The van der Waals surface area contributed by atoms with Gasteiger partial charge in [0, 0.05) is 0 Å². The maximum Gasteiger partial charge on any atom is 0.344 e. The molecule has 0 heterocycles. The predicted molar refractivity (Wildman–Crippen MR) is 85.6 cm³/mol. The van der Waals surface area contributed by atoms with Crippen molar-refractivity contribution in [1.82, 2.24) is 0 Å². The van der Waals surface area contributed by atoms with Crippen molar-refractivity contribution in [3.05, 3.63) is 60.2 Å². The van der Waals surface area contributed by atoms with E-state index in [2.05, 4.69) is 0 Å². The second-order valence-electron chi connectivity index (χ2n) is 5.02. The van der Waals surface area contributed by atoms with Crippen molar-refractivity contribution < 1.29 is 24.1 Å². The number of carbonyl (C=O) groups excluding carboxylic acids is 1. The molecule has 0 unspecified atom stereocenters. The molecule has 0 amide bonds. The lowest BCUT2D eigenvalue weighted by molar-refractivity contribution is -0.149. The van der Waals surface area contributed by atoms with Gasteiger partial charge in [0.2, 0.25) is 0 Å². The van der Waals surface area contributed by atoms with Gasteiger partial charge >= 0.3 is 5.97 Å². The van der Waals surface area contributed by atoms with Crippen LogP contribution in [0.2, 0.25) is 0 Å². The Morgan fingerprint density at radius 1 is 1.00 bits per heavy atom. The van der Waals surface area contributed by atoms with Crippen molar-refractivity contribution in [3.8, 4) is 11.5 Å². The van der Waals surface area contributed by atoms with Crippen LogP contribution in [-0.2, 0) is 9.53 Å². The van der Waals surface area contributed by atoms with Gasteiger partial charge in [-0.15, -0.1) is 0 Å². The summed E-state index contributed by atoms with van der Waals surface area (Å²) in [5.74, 6) is 0.752. The van der Waals surface area contributed by atoms with Crippen molar-refractivity contribution >= 4 is 5.97 Å². The minimum atomic E-state index is -0.893. The molecule has 5 heteroatoms. The average Bonchev–Trinajstić information content (AvgIpc) is 2.58. The Balaban J connectivity index is 1.65. The van der Waals surface area contributed by atoms with E-state index < -0.39 is 12.1 Å². The first-order valence-corrected chi connectivity index (χ1v) is 7.35. The molecular weight excluding hydrogens is 296 g/mol. The van der Waals surface area contributed by atoms with Crippen molar-refractivity contribution in [3.63, 3.8) is 0 Å². The van der Waals surface area contributed by atoms with Gasteiger partial charge in [-0.2, -0.15) is 0 Å². The summed E-state index contributed by atoms with van der Waals surface area (Å²) in [5.41, 5.74) is 0.980. The maximum absolute atomic E-state index is 11.6. The molecule has 0 aliphatic heterocycles. The Morgan fingerprint density at radius 3 is 2.43 bits per heavy atom. The lowest BCUT2D eigenvalue weighted by atomic mass is 10.2. The lowest BCUT2D eigenvalue weighted by Crippen LogP contribution is -2.27. The monoisotopic (exact) mass is 316 g/mol. The molecule has 2 rings (SSSR count). The number of para-hydroxylation sites is 2. The van der Waals surface area contributed by atoms with E-state index in [1.807, 2.05) is 49.4 Å². The lowest BCUT2D eigenvalue weighted by Gasteiger charge is -2.14. The molecule has 0 aliphatic carbocycles. The molecule has 0 aromatic heterocycles. The number of aliphatic hydroxyl groups is 1. The highest BCUT2D eigenvalue weighted by Gasteiger charge is 2.11. The van der Waals surface area contributed by atoms with Crippen molar-refractivity contribution in [2.45, 2.75) is 13.0 Å². The second kappa shape index (κ2) is 8.80. The minimum absolute atomic E-state index is 0.0532. The maximum atomic E-state index is 11.6. The molecule has 1 N–H and O–H groups in total. The first-order chi connectivity index (χ1) is 11.1. The Morgan fingerprint density at radius 2 is 1.70 bits per heavy atom. The van der Waals surface area contributed by atoms with Crippen LogP contribution in [-0.4, -0.2) is 37.0 Å². The molecular formula is C18H20O5. The predicted octanol–water partition coefficient (Wildman–Crippen LogP) is 2.36. The normalized spacial score (nSPS) is 11.6. The summed E-state index contributed by atoms with van der Waals surface area (Å²) in [6.45, 7) is 1.64. The molecule has 1 atom stereocenters. The van der Waals surface area contributed by atoms with Gasteiger partial charge < -0.3 is 19.3 Å². The van der Waals surface area contributed by atoms with Crippen LogP contribution in [0.15, 0.2) is 54.6 Å². The van der Waals surface area contributed by atoms with Crippen LogP contribution in [0.3, 0.4) is 0 Å². The van der Waals surface area contributed by atoms with Crippen LogP contribution < -0.4 is 9.47 Å². The van der Waals surface area contributed by atoms with Gasteiger partial charge in [0.1, 0.15) is 30.8 Å². The minimum Gasteiger partial charge on any atom is -0.490 e. The van der Waals surface area contributed by atoms with Gasteiger partial charge in [0.15, 0.2) is 6.61 Å². The molecule has 2 aromatic carbocycles. The van der Waals surface area contributed by atoms with Crippen molar-refractivity contribution in [1.29, 1.82) is 0 Å². The standard InChI is InChI=1S/C18H20O5/c1-14-7-5-6-10-17(14)22-11-15(19)12-23-18(20)13-21-16-8-3-2-4-9-16/h2-10,15,19H,11-13H2,1H3/t15-/m0/s1. The van der Waals surface area contributed by atoms with Crippen LogP contribution in [0, 0.1) is 6.92 Å². The number of hydrogen-bond donors (Lipinski definition) is 1. The molecule has 0 aliphatic rings. The first kappa shape index (κ1) is 16.8. The third-order valence-corrected chi connectivity index (χ3v) is 3.06. The van der Waals surface area contributed by atoms with Gasteiger partial charge in [0.05, 0.1) is 0 Å². The van der Waals surface area contributed by atoms with E-state index in [1.165, 1.54) is 0 Å². The Bertz CT molecular complexity index is 612. The third kappa shape index (κ3) is 6.00. The Labute approximate surface area is 135 Å². The van der Waals surface area contributed by atoms with Gasteiger partial charge in [-0.05, 0) is 30.7 Å². The zero-order valence-electron chi connectivity index (χ0n) is 13.0. The van der Waals surface area contributed by atoms with Gasteiger partial charge in [-0.3, -0.25) is 0 Å². The highest BCUT2D eigenvalue weighted by Crippen LogP contribution is 2.16. The third-order valence-electron chi connectivity index (χ3n) is 3.06. The highest BCUT2D eigenvalue weighted by molar-refractivity contribution is 5.71. The summed E-state index contributed by atoms with van der Waals surface area (Å²) in [7, 11) is 0. The zero-order valence-corrected chi connectivity index (χ0v) is 13.0. The highest BCUT2D eigenvalue weighted by atomic mass is 16.6. The van der Waals surface area contributed by atoms with E-state index >= 15 is 0 Å². The summed E-state index contributed by atoms with van der Waals surface area (Å²) < 4.78 is 15.7. The number of esters is 1. The smallest absolute Gasteiger partial charge is 0.344 e. The van der Waals surface area contributed by atoms with E-state index in [4.69, 9.17) is 14.2 Å². The molecule has 0 radical (unpaired) electrons. The molecule has 0 saturated carbocycles. The summed E-state index contributed by atoms with van der Waals surface area (Å²) >= 11 is 0. The van der Waals surface area contributed by atoms with Crippen molar-refractivity contribution in [2.24, 2.45) is 0 Å². The number of carbonyl (C=O) groups is 1. The molecule has 0 fully saturated rings. The molecule has 23 heavy (non-hydrogen) atoms.